The van der Waals surface area contributed by atoms with Gasteiger partial charge in [0.15, 0.2) is 0 Å². The minimum atomic E-state index is 0. The van der Waals surface area contributed by atoms with E-state index in [0.717, 1.165) is 0 Å². The van der Waals surface area contributed by atoms with Crippen LogP contribution in [0, 0.1) is 0 Å². The summed E-state index contributed by atoms with van der Waals surface area (Å²) in [6, 6.07) is 0. The van der Waals surface area contributed by atoms with E-state index in [4.69, 9.17) is 0 Å². The molecule has 0 amide bonds. The minimum absolute atomic E-state index is 0. The first kappa shape index (κ1) is 23.8. The van der Waals surface area contributed by atoms with Crippen LogP contribution < -0.4 is 0 Å². The van der Waals surface area contributed by atoms with Gasteiger partial charge in [0.1, 0.15) is 0 Å². The highest BCUT2D eigenvalue weighted by atomic mass is 127. The lowest BCUT2D eigenvalue weighted by Gasteiger charge is -2.34. The highest BCUT2D eigenvalue weighted by Gasteiger charge is 2.16. The van der Waals surface area contributed by atoms with E-state index in [0.29, 0.717) is 0 Å². The number of hydrogen-bond donors (Lipinski definition) is 0. The van der Waals surface area contributed by atoms with Gasteiger partial charge in [0.25, 0.3) is 0 Å². The minimum Gasteiger partial charge on any atom is -0.325 e. The summed E-state index contributed by atoms with van der Waals surface area (Å²) in [7, 11) is 0. The molecular formula is C8H23I3N+. The molecule has 0 spiro atoms. The predicted molar refractivity (Wildman–Crippen MR) is 88.7 cm³/mol. The van der Waals surface area contributed by atoms with E-state index in [2.05, 4.69) is 27.7 Å². The van der Waals surface area contributed by atoms with Gasteiger partial charge in [-0.1, -0.05) is 0 Å². The molecule has 80 valence electrons. The average Bonchev–Trinajstić information content (AvgIpc) is 1.95. The molecule has 0 atom stereocenters. The lowest BCUT2D eigenvalue weighted by molar-refractivity contribution is -0.921. The van der Waals surface area contributed by atoms with E-state index in [1.807, 2.05) is 0 Å². The fraction of sp³-hybridized carbons (Fsp3) is 1.00. The number of nitrogens with zero attached hydrogens (tertiary/aromatic N) is 1. The van der Waals surface area contributed by atoms with Gasteiger partial charge in [-0.05, 0) is 27.7 Å². The van der Waals surface area contributed by atoms with E-state index < -0.39 is 0 Å². The average molecular weight is 514 g/mol. The molecule has 0 saturated heterocycles. The topological polar surface area (TPSA) is 0 Å². The SMILES string of the molecule is CC[N+](CC)(CC)CC.I.I.I. The summed E-state index contributed by atoms with van der Waals surface area (Å²) in [4.78, 5) is 0. The Balaban J connectivity index is -0.000000107. The molecule has 0 aromatic rings. The second-order valence-corrected chi connectivity index (χ2v) is 2.61. The van der Waals surface area contributed by atoms with Crippen LogP contribution >= 0.6 is 71.9 Å². The molecule has 4 heteroatoms. The molecule has 0 aliphatic rings. The molecule has 0 rings (SSSR count). The van der Waals surface area contributed by atoms with Crippen molar-refractivity contribution in [3.63, 3.8) is 0 Å². The van der Waals surface area contributed by atoms with Crippen LogP contribution in [0.25, 0.3) is 0 Å². The third kappa shape index (κ3) is 7.54. The molecule has 0 aromatic carbocycles. The molecule has 0 aliphatic carbocycles. The van der Waals surface area contributed by atoms with Gasteiger partial charge in [-0.15, -0.1) is 71.9 Å². The van der Waals surface area contributed by atoms with E-state index >= 15 is 0 Å². The van der Waals surface area contributed by atoms with Crippen LogP contribution in [0.3, 0.4) is 0 Å². The lowest BCUT2D eigenvalue weighted by Crippen LogP contribution is -2.47. The van der Waals surface area contributed by atoms with Crippen LogP contribution in [-0.4, -0.2) is 30.7 Å². The monoisotopic (exact) mass is 514 g/mol. The molecule has 0 radical (unpaired) electrons. The van der Waals surface area contributed by atoms with Crippen molar-refractivity contribution in [3.8, 4) is 0 Å². The number of halogens is 3. The smallest absolute Gasteiger partial charge is 0.0757 e. The Morgan fingerprint density at radius 3 is 0.750 bits per heavy atom. The van der Waals surface area contributed by atoms with Crippen molar-refractivity contribution < 1.29 is 4.48 Å². The number of hydrogen-bond acceptors (Lipinski definition) is 0. The highest BCUT2D eigenvalue weighted by Crippen LogP contribution is 2.03. The van der Waals surface area contributed by atoms with Crippen LogP contribution in [0.15, 0.2) is 0 Å². The first-order valence-electron chi connectivity index (χ1n) is 4.09. The Morgan fingerprint density at radius 1 is 0.583 bits per heavy atom. The van der Waals surface area contributed by atoms with Crippen molar-refractivity contribution in [1.82, 2.24) is 0 Å². The summed E-state index contributed by atoms with van der Waals surface area (Å²) in [5.41, 5.74) is 0. The van der Waals surface area contributed by atoms with Gasteiger partial charge in [0.05, 0.1) is 26.2 Å². The highest BCUT2D eigenvalue weighted by molar-refractivity contribution is 14.0. The zero-order valence-electron chi connectivity index (χ0n) is 8.50. The van der Waals surface area contributed by atoms with Gasteiger partial charge in [-0.25, -0.2) is 0 Å². The summed E-state index contributed by atoms with van der Waals surface area (Å²) < 4.78 is 1.28. The lowest BCUT2D eigenvalue weighted by atomic mass is 10.3. The summed E-state index contributed by atoms with van der Waals surface area (Å²) in [5, 5.41) is 0. The Bertz CT molecular complexity index is 57.2. The largest absolute Gasteiger partial charge is 0.325 e. The normalized spacial score (nSPS) is 9.00. The van der Waals surface area contributed by atoms with E-state index in [-0.39, 0.29) is 71.9 Å². The molecule has 0 saturated carbocycles. The zero-order valence-corrected chi connectivity index (χ0v) is 15.5. The maximum atomic E-state index is 2.27. The molecule has 0 bridgehead atoms. The molecule has 0 aromatic heterocycles. The molecule has 1 nitrogen and oxygen atoms in total. The Labute approximate surface area is 129 Å². The Morgan fingerprint density at radius 2 is 0.750 bits per heavy atom. The summed E-state index contributed by atoms with van der Waals surface area (Å²) in [6.07, 6.45) is 0. The van der Waals surface area contributed by atoms with Crippen molar-refractivity contribution in [2.24, 2.45) is 0 Å². The molecule has 0 unspecified atom stereocenters. The molecular weight excluding hydrogens is 491 g/mol. The van der Waals surface area contributed by atoms with Crippen molar-refractivity contribution >= 4 is 71.9 Å². The van der Waals surface area contributed by atoms with Crippen molar-refractivity contribution in [2.75, 3.05) is 26.2 Å². The second-order valence-electron chi connectivity index (χ2n) is 2.61. The molecule has 0 N–H and O–H groups in total. The first-order valence-corrected chi connectivity index (χ1v) is 4.09. The first-order chi connectivity index (χ1) is 4.24. The van der Waals surface area contributed by atoms with Crippen molar-refractivity contribution in [1.29, 1.82) is 0 Å². The van der Waals surface area contributed by atoms with E-state index in [1.165, 1.54) is 30.7 Å². The van der Waals surface area contributed by atoms with Crippen molar-refractivity contribution in [2.45, 2.75) is 27.7 Å². The fourth-order valence-electron chi connectivity index (χ4n) is 1.34. The fourth-order valence-corrected chi connectivity index (χ4v) is 1.34. The van der Waals surface area contributed by atoms with Gasteiger partial charge in [-0.3, -0.25) is 0 Å². The van der Waals surface area contributed by atoms with Crippen LogP contribution in [-0.2, 0) is 0 Å². The molecule has 0 fully saturated rings. The third-order valence-corrected chi connectivity index (χ3v) is 2.68. The van der Waals surface area contributed by atoms with Gasteiger partial charge in [0.2, 0.25) is 0 Å². The summed E-state index contributed by atoms with van der Waals surface area (Å²) in [5.74, 6) is 0. The van der Waals surface area contributed by atoms with Gasteiger partial charge in [-0.2, -0.15) is 0 Å². The van der Waals surface area contributed by atoms with Crippen LogP contribution in [0.5, 0.6) is 0 Å². The maximum absolute atomic E-state index is 2.27. The van der Waals surface area contributed by atoms with Gasteiger partial charge in [0, 0.05) is 0 Å². The summed E-state index contributed by atoms with van der Waals surface area (Å²) >= 11 is 0. The zero-order chi connectivity index (χ0) is 7.33. The van der Waals surface area contributed by atoms with Gasteiger partial charge >= 0.3 is 0 Å². The Hall–Kier alpha value is 2.15. The maximum Gasteiger partial charge on any atom is 0.0757 e. The van der Waals surface area contributed by atoms with Crippen LogP contribution in [0.1, 0.15) is 27.7 Å². The summed E-state index contributed by atoms with van der Waals surface area (Å²) in [6.45, 7) is 14.2. The van der Waals surface area contributed by atoms with E-state index in [9.17, 15) is 0 Å². The van der Waals surface area contributed by atoms with Gasteiger partial charge < -0.3 is 4.48 Å². The standard InChI is InChI=1S/C8H20N.3HI/c1-5-9(6-2,7-3)8-4;;;/h5-8H2,1-4H3;3*1H/q+1;;;. The number of quaternary nitrogens is 1. The van der Waals surface area contributed by atoms with Crippen LogP contribution in [0.2, 0.25) is 0 Å². The van der Waals surface area contributed by atoms with Crippen LogP contribution in [0.4, 0.5) is 0 Å². The molecule has 12 heavy (non-hydrogen) atoms. The Kier molecular flexibility index (Phi) is 26.0. The number of rotatable bonds is 4. The quantitative estimate of drug-likeness (QED) is 0.397. The van der Waals surface area contributed by atoms with E-state index in [1.54, 1.807) is 0 Å². The molecule has 0 heterocycles. The third-order valence-electron chi connectivity index (χ3n) is 2.68. The second kappa shape index (κ2) is 13.2. The molecule has 0 aliphatic heterocycles. The van der Waals surface area contributed by atoms with Crippen molar-refractivity contribution in [3.05, 3.63) is 0 Å². The predicted octanol–water partition coefficient (Wildman–Crippen LogP) is 3.74.